The van der Waals surface area contributed by atoms with Gasteiger partial charge in [-0.3, -0.25) is 0 Å². The lowest BCUT2D eigenvalue weighted by Crippen LogP contribution is -2.23. The molecule has 0 radical (unpaired) electrons. The zero-order chi connectivity index (χ0) is 18.5. The number of halogens is 1. The largest absolute Gasteiger partial charge is 0.307 e. The van der Waals surface area contributed by atoms with Crippen LogP contribution >= 0.6 is 15.9 Å². The Hall–Kier alpha value is -3.04. The highest BCUT2D eigenvalue weighted by molar-refractivity contribution is 9.10. The molecule has 3 aromatic carbocycles. The van der Waals surface area contributed by atoms with Crippen molar-refractivity contribution in [1.82, 2.24) is 4.57 Å². The molecule has 5 rings (SSSR count). The van der Waals surface area contributed by atoms with Crippen LogP contribution in [-0.2, 0) is 0 Å². The first kappa shape index (κ1) is 16.2. The quantitative estimate of drug-likeness (QED) is 0.339. The van der Waals surface area contributed by atoms with Crippen LogP contribution in [0.25, 0.3) is 28.4 Å². The normalized spacial score (nSPS) is 12.8. The average Bonchev–Trinajstić information content (AvgIpc) is 3.03. The first-order chi connectivity index (χ1) is 13.2. The van der Waals surface area contributed by atoms with Crippen molar-refractivity contribution in [2.45, 2.75) is 0 Å². The van der Waals surface area contributed by atoms with Gasteiger partial charge in [-0.1, -0.05) is 65.5 Å². The highest BCUT2D eigenvalue weighted by atomic mass is 79.9. The van der Waals surface area contributed by atoms with Crippen LogP contribution < -0.4 is 4.90 Å². The molecule has 130 valence electrons. The summed E-state index contributed by atoms with van der Waals surface area (Å²) in [7, 11) is 0. The van der Waals surface area contributed by atoms with E-state index in [1.54, 1.807) is 0 Å². The number of hydrogen-bond donors (Lipinski definition) is 0. The molecule has 0 spiro atoms. The number of para-hydroxylation sites is 3. The SMILES string of the molecule is C=Cc1c2n(c3ccc(Br)cc13)-c1ccccc1N(c1ccccc1)C2=C. The van der Waals surface area contributed by atoms with Crippen molar-refractivity contribution in [2.24, 2.45) is 0 Å². The maximum absolute atomic E-state index is 4.48. The molecule has 0 N–H and O–H groups in total. The van der Waals surface area contributed by atoms with Crippen LogP contribution in [0.3, 0.4) is 0 Å². The van der Waals surface area contributed by atoms with E-state index in [-0.39, 0.29) is 0 Å². The predicted molar refractivity (Wildman–Crippen MR) is 119 cm³/mol. The maximum atomic E-state index is 4.48. The summed E-state index contributed by atoms with van der Waals surface area (Å²) < 4.78 is 3.36. The molecule has 0 bridgehead atoms. The van der Waals surface area contributed by atoms with Gasteiger partial charge in [0.1, 0.15) is 0 Å². The summed E-state index contributed by atoms with van der Waals surface area (Å²) in [6.07, 6.45) is 1.93. The number of benzene rings is 3. The molecule has 0 atom stereocenters. The van der Waals surface area contributed by atoms with E-state index >= 15 is 0 Å². The van der Waals surface area contributed by atoms with Gasteiger partial charge in [-0.15, -0.1) is 0 Å². The Labute approximate surface area is 166 Å². The molecule has 0 amide bonds. The second-order valence-corrected chi connectivity index (χ2v) is 7.49. The van der Waals surface area contributed by atoms with Crippen LogP contribution in [0.2, 0.25) is 0 Å². The van der Waals surface area contributed by atoms with Crippen molar-refractivity contribution in [2.75, 3.05) is 4.90 Å². The van der Waals surface area contributed by atoms with Crippen molar-refractivity contribution in [3.05, 3.63) is 102 Å². The molecule has 0 aliphatic carbocycles. The highest BCUT2D eigenvalue weighted by Gasteiger charge is 2.30. The second-order valence-electron chi connectivity index (χ2n) is 6.57. The smallest absolute Gasteiger partial charge is 0.0776 e. The molecule has 2 nitrogen and oxygen atoms in total. The fourth-order valence-corrected chi connectivity index (χ4v) is 4.36. The number of fused-ring (bicyclic) bond motifs is 5. The highest BCUT2D eigenvalue weighted by Crippen LogP contribution is 2.47. The van der Waals surface area contributed by atoms with Crippen molar-refractivity contribution < 1.29 is 0 Å². The number of aromatic nitrogens is 1. The Bertz CT molecular complexity index is 1220. The third-order valence-corrected chi connectivity index (χ3v) is 5.59. The van der Waals surface area contributed by atoms with Crippen molar-refractivity contribution in [1.29, 1.82) is 0 Å². The van der Waals surface area contributed by atoms with Gasteiger partial charge in [0, 0.05) is 21.1 Å². The van der Waals surface area contributed by atoms with Crippen LogP contribution in [0.15, 0.2) is 90.4 Å². The van der Waals surface area contributed by atoms with Gasteiger partial charge < -0.3 is 9.47 Å². The molecule has 0 unspecified atom stereocenters. The van der Waals surface area contributed by atoms with E-state index < -0.39 is 0 Å². The Morgan fingerprint density at radius 2 is 1.56 bits per heavy atom. The third kappa shape index (κ3) is 2.25. The fourth-order valence-electron chi connectivity index (χ4n) is 3.99. The standard InChI is InChI=1S/C24H17BrN2/c1-3-19-20-15-17(25)13-14-21(20)27-23-12-8-7-11-22(23)26(16(2)24(19)27)18-9-5-4-6-10-18/h3-15H,1-2H2. The van der Waals surface area contributed by atoms with Gasteiger partial charge in [0.25, 0.3) is 0 Å². The predicted octanol–water partition coefficient (Wildman–Crippen LogP) is 7.16. The first-order valence-electron chi connectivity index (χ1n) is 8.81. The number of rotatable bonds is 2. The van der Waals surface area contributed by atoms with E-state index in [0.717, 1.165) is 44.0 Å². The zero-order valence-corrected chi connectivity index (χ0v) is 16.3. The molecule has 2 heterocycles. The summed E-state index contributed by atoms with van der Waals surface area (Å²) in [5.74, 6) is 0. The van der Waals surface area contributed by atoms with Gasteiger partial charge in [-0.05, 0) is 42.5 Å². The van der Waals surface area contributed by atoms with Crippen molar-refractivity contribution in [3.8, 4) is 5.69 Å². The number of anilines is 2. The van der Waals surface area contributed by atoms with Crippen molar-refractivity contribution >= 4 is 50.0 Å². The van der Waals surface area contributed by atoms with Gasteiger partial charge in [-0.2, -0.15) is 0 Å². The molecule has 1 aliphatic rings. The summed E-state index contributed by atoms with van der Waals surface area (Å²) in [4.78, 5) is 2.23. The fraction of sp³-hybridized carbons (Fsp3) is 0. The molecule has 27 heavy (non-hydrogen) atoms. The lowest BCUT2D eigenvalue weighted by atomic mass is 10.1. The molecular weight excluding hydrogens is 396 g/mol. The van der Waals surface area contributed by atoms with E-state index in [1.165, 1.54) is 5.39 Å². The summed E-state index contributed by atoms with van der Waals surface area (Å²) in [5.41, 5.74) is 7.65. The molecular formula is C24H17BrN2. The minimum Gasteiger partial charge on any atom is -0.307 e. The molecule has 0 fully saturated rings. The third-order valence-electron chi connectivity index (χ3n) is 5.09. The van der Waals surface area contributed by atoms with E-state index in [0.29, 0.717) is 0 Å². The van der Waals surface area contributed by atoms with Crippen LogP contribution in [0.4, 0.5) is 11.4 Å². The minimum absolute atomic E-state index is 0.946. The molecule has 0 saturated carbocycles. The minimum atomic E-state index is 0.946. The van der Waals surface area contributed by atoms with Gasteiger partial charge in [0.05, 0.1) is 28.3 Å². The average molecular weight is 413 g/mol. The van der Waals surface area contributed by atoms with Crippen LogP contribution in [0, 0.1) is 0 Å². The molecule has 0 saturated heterocycles. The summed E-state index contributed by atoms with van der Waals surface area (Å²) in [5, 5.41) is 1.17. The first-order valence-corrected chi connectivity index (χ1v) is 9.60. The molecule has 3 heteroatoms. The molecule has 1 aliphatic heterocycles. The topological polar surface area (TPSA) is 8.17 Å². The van der Waals surface area contributed by atoms with Crippen molar-refractivity contribution in [3.63, 3.8) is 0 Å². The van der Waals surface area contributed by atoms with E-state index in [4.69, 9.17) is 0 Å². The van der Waals surface area contributed by atoms with E-state index in [9.17, 15) is 0 Å². The Morgan fingerprint density at radius 1 is 0.852 bits per heavy atom. The lowest BCUT2D eigenvalue weighted by Gasteiger charge is -2.35. The maximum Gasteiger partial charge on any atom is 0.0776 e. The summed E-state index contributed by atoms with van der Waals surface area (Å²) in [6.45, 7) is 8.58. The second kappa shape index (κ2) is 6.00. The van der Waals surface area contributed by atoms with Crippen LogP contribution in [-0.4, -0.2) is 4.57 Å². The Kier molecular flexibility index (Phi) is 3.59. The Morgan fingerprint density at radius 3 is 2.30 bits per heavy atom. The lowest BCUT2D eigenvalue weighted by molar-refractivity contribution is 1.03. The van der Waals surface area contributed by atoms with Gasteiger partial charge in [0.2, 0.25) is 0 Å². The zero-order valence-electron chi connectivity index (χ0n) is 14.7. The van der Waals surface area contributed by atoms with Crippen LogP contribution in [0.5, 0.6) is 0 Å². The number of hydrogen-bond acceptors (Lipinski definition) is 1. The van der Waals surface area contributed by atoms with Gasteiger partial charge in [-0.25, -0.2) is 0 Å². The van der Waals surface area contributed by atoms with Gasteiger partial charge in [0.15, 0.2) is 0 Å². The summed E-state index contributed by atoms with van der Waals surface area (Å²) >= 11 is 3.61. The van der Waals surface area contributed by atoms with E-state index in [2.05, 4.69) is 105 Å². The Balaban J connectivity index is 1.92. The van der Waals surface area contributed by atoms with E-state index in [1.807, 2.05) is 12.1 Å². The summed E-state index contributed by atoms with van der Waals surface area (Å²) in [6, 6.07) is 25.2. The molecule has 4 aromatic rings. The molecule has 1 aromatic heterocycles. The monoisotopic (exact) mass is 412 g/mol. The number of nitrogens with zero attached hydrogens (tertiary/aromatic N) is 2. The van der Waals surface area contributed by atoms with Gasteiger partial charge >= 0.3 is 0 Å². The van der Waals surface area contributed by atoms with Crippen LogP contribution in [0.1, 0.15) is 11.3 Å².